The van der Waals surface area contributed by atoms with Crippen LogP contribution < -0.4 is 10.1 Å². The molecule has 0 unspecified atom stereocenters. The molecule has 1 N–H and O–H groups in total. The Hall–Kier alpha value is -2.65. The number of nitrogens with one attached hydrogen (secondary N) is 1. The van der Waals surface area contributed by atoms with Gasteiger partial charge in [0.1, 0.15) is 18.0 Å². The Kier molecular flexibility index (Phi) is 4.27. The normalized spacial score (nSPS) is 25.3. The minimum Gasteiger partial charge on any atom is -0.484 e. The summed E-state index contributed by atoms with van der Waals surface area (Å²) in [7, 11) is 0. The molecule has 2 aliphatic heterocycles. The molecule has 1 saturated carbocycles. The fourth-order valence-corrected chi connectivity index (χ4v) is 3.47. The van der Waals surface area contributed by atoms with Crippen molar-refractivity contribution in [3.63, 3.8) is 0 Å². The van der Waals surface area contributed by atoms with E-state index in [1.165, 1.54) is 4.90 Å². The highest BCUT2D eigenvalue weighted by Crippen LogP contribution is 2.34. The first-order valence-corrected chi connectivity index (χ1v) is 8.51. The van der Waals surface area contributed by atoms with Crippen LogP contribution in [0.15, 0.2) is 12.1 Å². The zero-order chi connectivity index (χ0) is 19.2. The number of amides is 2. The van der Waals surface area contributed by atoms with Crippen LogP contribution in [-0.2, 0) is 9.47 Å². The Morgan fingerprint density at radius 3 is 2.52 bits per heavy atom. The van der Waals surface area contributed by atoms with Gasteiger partial charge in [-0.2, -0.15) is 0 Å². The number of cyclic esters (lactones) is 1. The van der Waals surface area contributed by atoms with Crippen molar-refractivity contribution in [3.8, 4) is 5.75 Å². The lowest BCUT2D eigenvalue weighted by Gasteiger charge is -2.45. The molecular formula is C17H17F3N2O5. The number of hydrogen-bond acceptors (Lipinski definition) is 5. The second-order valence-corrected chi connectivity index (χ2v) is 7.19. The van der Waals surface area contributed by atoms with E-state index in [-0.39, 0.29) is 19.1 Å². The highest BCUT2D eigenvalue weighted by molar-refractivity contribution is 5.74. The van der Waals surface area contributed by atoms with Crippen LogP contribution >= 0.6 is 0 Å². The minimum absolute atomic E-state index is 0.0234. The molecular weight excluding hydrogens is 369 g/mol. The first-order chi connectivity index (χ1) is 12.8. The van der Waals surface area contributed by atoms with E-state index in [1.807, 2.05) is 0 Å². The van der Waals surface area contributed by atoms with Crippen LogP contribution in [0.2, 0.25) is 0 Å². The molecule has 2 heterocycles. The van der Waals surface area contributed by atoms with Crippen LogP contribution in [0.3, 0.4) is 0 Å². The van der Waals surface area contributed by atoms with Crippen LogP contribution in [0, 0.1) is 23.4 Å². The van der Waals surface area contributed by atoms with Gasteiger partial charge in [0.15, 0.2) is 17.4 Å². The molecule has 1 spiro atoms. The number of benzene rings is 1. The zero-order valence-electron chi connectivity index (χ0n) is 14.2. The molecule has 4 rings (SSSR count). The number of halogens is 3. The van der Waals surface area contributed by atoms with Gasteiger partial charge in [0.05, 0.1) is 25.8 Å². The molecule has 10 heteroatoms. The van der Waals surface area contributed by atoms with Crippen molar-refractivity contribution in [3.05, 3.63) is 29.6 Å². The van der Waals surface area contributed by atoms with Crippen molar-refractivity contribution in [1.82, 2.24) is 10.2 Å². The van der Waals surface area contributed by atoms with E-state index < -0.39 is 47.0 Å². The summed E-state index contributed by atoms with van der Waals surface area (Å²) in [4.78, 5) is 24.5. The van der Waals surface area contributed by atoms with Gasteiger partial charge < -0.3 is 24.4 Å². The van der Waals surface area contributed by atoms with E-state index in [2.05, 4.69) is 5.32 Å². The fraction of sp³-hybridized carbons (Fsp3) is 0.529. The lowest BCUT2D eigenvalue weighted by molar-refractivity contribution is -0.00831. The highest BCUT2D eigenvalue weighted by atomic mass is 19.1. The van der Waals surface area contributed by atoms with Crippen LogP contribution in [0.25, 0.3) is 0 Å². The Balaban J connectivity index is 1.17. The van der Waals surface area contributed by atoms with E-state index in [9.17, 15) is 22.8 Å². The lowest BCUT2D eigenvalue weighted by atomic mass is 9.83. The van der Waals surface area contributed by atoms with Gasteiger partial charge in [-0.1, -0.05) is 0 Å². The summed E-state index contributed by atoms with van der Waals surface area (Å²) in [5, 5.41) is 2.67. The Morgan fingerprint density at radius 2 is 1.93 bits per heavy atom. The summed E-state index contributed by atoms with van der Waals surface area (Å²) in [6.45, 7) is 1.06. The summed E-state index contributed by atoms with van der Waals surface area (Å²) in [6.07, 6.45) is -0.449. The summed E-state index contributed by atoms with van der Waals surface area (Å²) in [6, 6.07) is 1.13. The summed E-state index contributed by atoms with van der Waals surface area (Å²) in [5.41, 5.74) is -0.505. The number of ether oxygens (including phenoxy) is 3. The number of rotatable bonds is 4. The number of alkyl carbamates (subject to hydrolysis) is 1. The van der Waals surface area contributed by atoms with Crippen LogP contribution in [0.1, 0.15) is 12.8 Å². The minimum atomic E-state index is -1.09. The van der Waals surface area contributed by atoms with Crippen molar-refractivity contribution in [2.75, 3.05) is 26.3 Å². The van der Waals surface area contributed by atoms with Gasteiger partial charge in [0.25, 0.3) is 0 Å². The average Bonchev–Trinajstić information content (AvgIpc) is 2.92. The molecule has 0 aromatic heterocycles. The van der Waals surface area contributed by atoms with Gasteiger partial charge >= 0.3 is 12.2 Å². The van der Waals surface area contributed by atoms with Crippen LogP contribution in [-0.4, -0.2) is 55.0 Å². The third kappa shape index (κ3) is 3.47. The quantitative estimate of drug-likeness (QED) is 0.859. The standard InChI is InChI=1S/C17H17F3N2O5/c18-10-3-12(19)14(13(20)4-10)27-11-1-9(2-11)5-25-16(24)22-6-17(7-22)8-26-15(23)21-17/h3-4,9,11H,1-2,5-8H2,(H,21,23)/t9-,11-. The first kappa shape index (κ1) is 17.7. The number of nitrogens with zero attached hydrogens (tertiary/aromatic N) is 1. The van der Waals surface area contributed by atoms with E-state index >= 15 is 0 Å². The van der Waals surface area contributed by atoms with Gasteiger partial charge in [-0.25, -0.2) is 22.8 Å². The molecule has 2 amide bonds. The van der Waals surface area contributed by atoms with Crippen LogP contribution in [0.4, 0.5) is 22.8 Å². The molecule has 2 saturated heterocycles. The predicted molar refractivity (Wildman–Crippen MR) is 83.6 cm³/mol. The molecule has 1 aromatic rings. The van der Waals surface area contributed by atoms with Gasteiger partial charge in [-0.15, -0.1) is 0 Å². The smallest absolute Gasteiger partial charge is 0.409 e. The average molecular weight is 386 g/mol. The lowest BCUT2D eigenvalue weighted by Crippen LogP contribution is -2.70. The molecule has 146 valence electrons. The summed E-state index contributed by atoms with van der Waals surface area (Å²) < 4.78 is 55.3. The predicted octanol–water partition coefficient (Wildman–Crippen LogP) is 2.19. The van der Waals surface area contributed by atoms with Gasteiger partial charge in [-0.3, -0.25) is 0 Å². The van der Waals surface area contributed by atoms with E-state index in [4.69, 9.17) is 14.2 Å². The molecule has 0 atom stereocenters. The monoisotopic (exact) mass is 386 g/mol. The highest BCUT2D eigenvalue weighted by Gasteiger charge is 2.51. The summed E-state index contributed by atoms with van der Waals surface area (Å²) >= 11 is 0. The maximum atomic E-state index is 13.6. The zero-order valence-corrected chi connectivity index (χ0v) is 14.2. The van der Waals surface area contributed by atoms with Crippen molar-refractivity contribution in [1.29, 1.82) is 0 Å². The van der Waals surface area contributed by atoms with Gasteiger partial charge in [0, 0.05) is 18.1 Å². The molecule has 1 aliphatic carbocycles. The summed E-state index contributed by atoms with van der Waals surface area (Å²) in [5.74, 6) is -3.75. The molecule has 0 bridgehead atoms. The maximum absolute atomic E-state index is 13.6. The second-order valence-electron chi connectivity index (χ2n) is 7.19. The molecule has 3 fully saturated rings. The maximum Gasteiger partial charge on any atom is 0.409 e. The molecule has 3 aliphatic rings. The van der Waals surface area contributed by atoms with E-state index in [1.54, 1.807) is 0 Å². The molecule has 7 nitrogen and oxygen atoms in total. The molecule has 27 heavy (non-hydrogen) atoms. The van der Waals surface area contributed by atoms with Gasteiger partial charge in [0.2, 0.25) is 0 Å². The van der Waals surface area contributed by atoms with Gasteiger partial charge in [-0.05, 0) is 12.8 Å². The van der Waals surface area contributed by atoms with E-state index in [0.717, 1.165) is 0 Å². The Bertz CT molecular complexity index is 755. The van der Waals surface area contributed by atoms with Crippen LogP contribution in [0.5, 0.6) is 5.75 Å². The number of hydrogen-bond donors (Lipinski definition) is 1. The number of likely N-dealkylation sites (tertiary alicyclic amines) is 1. The second kappa shape index (κ2) is 6.50. The molecule has 1 aromatic carbocycles. The number of carbonyl (C=O) groups excluding carboxylic acids is 2. The largest absolute Gasteiger partial charge is 0.484 e. The molecule has 0 radical (unpaired) electrons. The van der Waals surface area contributed by atoms with Crippen molar-refractivity contribution < 1.29 is 37.0 Å². The SMILES string of the molecule is O=C1NC2(CO1)CN(C(=O)OC[C@H]1C[C@H](Oc3c(F)cc(F)cc3F)C1)C2. The Labute approximate surface area is 152 Å². The fourth-order valence-electron chi connectivity index (χ4n) is 3.47. The first-order valence-electron chi connectivity index (χ1n) is 8.51. The topological polar surface area (TPSA) is 77.1 Å². The third-order valence-electron chi connectivity index (χ3n) is 4.97. The third-order valence-corrected chi connectivity index (χ3v) is 4.97. The van der Waals surface area contributed by atoms with Crippen molar-refractivity contribution in [2.24, 2.45) is 5.92 Å². The van der Waals surface area contributed by atoms with Crippen molar-refractivity contribution >= 4 is 12.2 Å². The van der Waals surface area contributed by atoms with E-state index in [0.29, 0.717) is 38.1 Å². The number of carbonyl (C=O) groups is 2. The Morgan fingerprint density at radius 1 is 1.26 bits per heavy atom. The van der Waals surface area contributed by atoms with Crippen molar-refractivity contribution in [2.45, 2.75) is 24.5 Å².